The van der Waals surface area contributed by atoms with Gasteiger partial charge in [-0.05, 0) is 31.9 Å². The van der Waals surface area contributed by atoms with Gasteiger partial charge in [0, 0.05) is 24.7 Å². The quantitative estimate of drug-likeness (QED) is 0.619. The van der Waals surface area contributed by atoms with E-state index in [1.165, 1.54) is 10.7 Å². The molecule has 0 atom stereocenters. The molecule has 0 aromatic carbocycles. The van der Waals surface area contributed by atoms with Crippen LogP contribution in [-0.2, 0) is 23.1 Å². The van der Waals surface area contributed by atoms with Gasteiger partial charge in [-0.1, -0.05) is 0 Å². The number of carbonyl (C=O) groups excluding carboxylic acids is 1. The van der Waals surface area contributed by atoms with E-state index >= 15 is 0 Å². The van der Waals surface area contributed by atoms with Crippen molar-refractivity contribution >= 4 is 17.0 Å². The smallest absolute Gasteiger partial charge is 0.327 e. The number of nitrogens with zero attached hydrogens (tertiary/aromatic N) is 5. The first kappa shape index (κ1) is 17.6. The van der Waals surface area contributed by atoms with Crippen LogP contribution in [0.3, 0.4) is 0 Å². The monoisotopic (exact) mass is 375 g/mol. The Kier molecular flexibility index (Phi) is 4.37. The summed E-state index contributed by atoms with van der Waals surface area (Å²) in [4.78, 5) is 16.5. The highest BCUT2D eigenvalue weighted by Crippen LogP contribution is 2.45. The van der Waals surface area contributed by atoms with Crippen LogP contribution in [0.5, 0.6) is 0 Å². The Morgan fingerprint density at radius 2 is 2.11 bits per heavy atom. The van der Waals surface area contributed by atoms with Crippen molar-refractivity contribution in [2.45, 2.75) is 38.7 Å². The molecule has 3 aromatic rings. The molecule has 1 aliphatic rings. The maximum absolute atomic E-state index is 13.9. The van der Waals surface area contributed by atoms with E-state index in [-0.39, 0.29) is 30.3 Å². The Morgan fingerprint density at radius 3 is 2.70 bits per heavy atom. The van der Waals surface area contributed by atoms with Crippen LogP contribution in [0.15, 0.2) is 18.3 Å². The van der Waals surface area contributed by atoms with Crippen molar-refractivity contribution in [1.29, 1.82) is 0 Å². The molecule has 0 N–H and O–H groups in total. The Balaban J connectivity index is 1.92. The number of hydrogen-bond donors (Lipinski definition) is 0. The number of fused-ring (bicyclic) bond motifs is 1. The third kappa shape index (κ3) is 3.29. The van der Waals surface area contributed by atoms with Gasteiger partial charge in [-0.15, -0.1) is 0 Å². The van der Waals surface area contributed by atoms with E-state index in [9.17, 15) is 13.6 Å². The fourth-order valence-electron chi connectivity index (χ4n) is 3.16. The summed E-state index contributed by atoms with van der Waals surface area (Å²) in [6.45, 7) is 1.78. The first-order chi connectivity index (χ1) is 13.0. The van der Waals surface area contributed by atoms with E-state index in [1.54, 1.807) is 30.9 Å². The van der Waals surface area contributed by atoms with Gasteiger partial charge in [0.05, 0.1) is 23.4 Å². The van der Waals surface area contributed by atoms with Crippen LogP contribution in [0.1, 0.15) is 43.4 Å². The second-order valence-electron chi connectivity index (χ2n) is 6.59. The predicted molar refractivity (Wildman–Crippen MR) is 93.3 cm³/mol. The molecule has 3 heterocycles. The number of aromatic nitrogens is 5. The third-order valence-corrected chi connectivity index (χ3v) is 4.52. The highest BCUT2D eigenvalue weighted by molar-refractivity contribution is 5.87. The lowest BCUT2D eigenvalue weighted by Gasteiger charge is -2.07. The molecule has 0 aliphatic heterocycles. The Hall–Kier alpha value is -2.84. The molecule has 0 amide bonds. The topological polar surface area (TPSA) is 74.8 Å². The Bertz CT molecular complexity index is 1010. The summed E-state index contributed by atoms with van der Waals surface area (Å²) in [7, 11) is 1.74. The number of hydrogen-bond acceptors (Lipinski definition) is 5. The molecular formula is C18H19F2N5O2. The molecule has 1 fully saturated rings. The number of rotatable bonds is 6. The molecule has 1 saturated carbocycles. The third-order valence-electron chi connectivity index (χ3n) is 4.52. The zero-order chi connectivity index (χ0) is 19.1. The van der Waals surface area contributed by atoms with E-state index in [1.807, 2.05) is 0 Å². The molecule has 27 heavy (non-hydrogen) atoms. The van der Waals surface area contributed by atoms with Gasteiger partial charge >= 0.3 is 5.97 Å². The van der Waals surface area contributed by atoms with Gasteiger partial charge in [-0.2, -0.15) is 10.2 Å². The zero-order valence-electron chi connectivity index (χ0n) is 15.0. The van der Waals surface area contributed by atoms with E-state index in [2.05, 4.69) is 15.2 Å². The van der Waals surface area contributed by atoms with E-state index in [0.717, 1.165) is 12.8 Å². The maximum atomic E-state index is 13.9. The molecule has 1 aliphatic carbocycles. The highest BCUT2D eigenvalue weighted by Gasteiger charge is 2.33. The fourth-order valence-corrected chi connectivity index (χ4v) is 3.16. The lowest BCUT2D eigenvalue weighted by Crippen LogP contribution is -2.15. The second kappa shape index (κ2) is 6.71. The molecule has 0 unspecified atom stereocenters. The second-order valence-corrected chi connectivity index (χ2v) is 6.59. The summed E-state index contributed by atoms with van der Waals surface area (Å²) in [6, 6.07) is 3.08. The van der Waals surface area contributed by atoms with Crippen molar-refractivity contribution in [3.05, 3.63) is 29.6 Å². The molecule has 0 spiro atoms. The van der Waals surface area contributed by atoms with Crippen molar-refractivity contribution in [1.82, 2.24) is 24.5 Å². The van der Waals surface area contributed by atoms with Crippen molar-refractivity contribution < 1.29 is 18.3 Å². The van der Waals surface area contributed by atoms with E-state index in [0.29, 0.717) is 22.5 Å². The first-order valence-electron chi connectivity index (χ1n) is 8.83. The largest absolute Gasteiger partial charge is 0.465 e. The van der Waals surface area contributed by atoms with Gasteiger partial charge < -0.3 is 4.74 Å². The lowest BCUT2D eigenvalue weighted by atomic mass is 10.1. The Labute approximate surface area is 153 Å². The maximum Gasteiger partial charge on any atom is 0.327 e. The van der Waals surface area contributed by atoms with Crippen LogP contribution in [0.4, 0.5) is 8.78 Å². The number of esters is 1. The molecule has 0 radical (unpaired) electrons. The normalized spacial score (nSPS) is 14.3. The van der Waals surface area contributed by atoms with Crippen LogP contribution >= 0.6 is 0 Å². The molecule has 9 heteroatoms. The van der Waals surface area contributed by atoms with Gasteiger partial charge in [0.25, 0.3) is 6.43 Å². The molecule has 0 bridgehead atoms. The van der Waals surface area contributed by atoms with Crippen LogP contribution in [0.2, 0.25) is 0 Å². The molecular weight excluding hydrogens is 356 g/mol. The van der Waals surface area contributed by atoms with Gasteiger partial charge in [0.1, 0.15) is 12.2 Å². The summed E-state index contributed by atoms with van der Waals surface area (Å²) in [5, 5.41) is 9.05. The van der Waals surface area contributed by atoms with Crippen LogP contribution in [-0.4, -0.2) is 37.1 Å². The van der Waals surface area contributed by atoms with Crippen LogP contribution in [0, 0.1) is 0 Å². The standard InChI is InChI=1S/C18H19F2N5O2/c1-3-27-14(26)9-25-18-15(16(23-25)10-4-5-10)11(17(19)20)8-13(21-18)12-6-7-24(2)22-12/h6-8,10,17H,3-5,9H2,1-2H3. The molecule has 4 rings (SSSR count). The zero-order valence-corrected chi connectivity index (χ0v) is 15.0. The van der Waals surface area contributed by atoms with Gasteiger partial charge in [0.15, 0.2) is 5.65 Å². The van der Waals surface area contributed by atoms with Crippen LogP contribution in [0.25, 0.3) is 22.4 Å². The minimum absolute atomic E-state index is 0.127. The van der Waals surface area contributed by atoms with Gasteiger partial charge in [0.2, 0.25) is 0 Å². The van der Waals surface area contributed by atoms with Gasteiger partial charge in [-0.3, -0.25) is 9.48 Å². The summed E-state index contributed by atoms with van der Waals surface area (Å²) in [6.07, 6.45) is 0.831. The number of ether oxygens (including phenoxy) is 1. The summed E-state index contributed by atoms with van der Waals surface area (Å²) < 4.78 is 35.7. The first-order valence-corrected chi connectivity index (χ1v) is 8.83. The molecule has 0 saturated heterocycles. The number of pyridine rings is 1. The number of aryl methyl sites for hydroxylation is 1. The summed E-state index contributed by atoms with van der Waals surface area (Å²) >= 11 is 0. The molecule has 142 valence electrons. The van der Waals surface area contributed by atoms with Crippen molar-refractivity contribution in [2.75, 3.05) is 6.61 Å². The average molecular weight is 375 g/mol. The van der Waals surface area contributed by atoms with Crippen molar-refractivity contribution in [2.24, 2.45) is 7.05 Å². The lowest BCUT2D eigenvalue weighted by molar-refractivity contribution is -0.143. The minimum Gasteiger partial charge on any atom is -0.465 e. The number of halogens is 2. The summed E-state index contributed by atoms with van der Waals surface area (Å²) in [5.41, 5.74) is 1.54. The number of alkyl halides is 2. The van der Waals surface area contributed by atoms with E-state index < -0.39 is 12.4 Å². The Morgan fingerprint density at radius 1 is 1.33 bits per heavy atom. The van der Waals surface area contributed by atoms with Crippen molar-refractivity contribution in [3.63, 3.8) is 0 Å². The van der Waals surface area contributed by atoms with Gasteiger partial charge in [-0.25, -0.2) is 18.4 Å². The van der Waals surface area contributed by atoms with E-state index in [4.69, 9.17) is 4.74 Å². The minimum atomic E-state index is -2.68. The average Bonchev–Trinajstić information content (AvgIpc) is 3.28. The van der Waals surface area contributed by atoms with Crippen LogP contribution < -0.4 is 0 Å². The predicted octanol–water partition coefficient (Wildman–Crippen LogP) is 3.21. The summed E-state index contributed by atoms with van der Waals surface area (Å²) in [5.74, 6) is -0.344. The SMILES string of the molecule is CCOC(=O)Cn1nc(C2CC2)c2c(C(F)F)cc(-c3ccn(C)n3)nc21. The molecule has 7 nitrogen and oxygen atoms in total. The highest BCUT2D eigenvalue weighted by atomic mass is 19.3. The fraction of sp³-hybridized carbons (Fsp3) is 0.444. The number of carbonyl (C=O) groups is 1. The van der Waals surface area contributed by atoms with Crippen molar-refractivity contribution in [3.8, 4) is 11.4 Å². The molecule has 3 aromatic heterocycles.